The Balaban J connectivity index is 1.74. The van der Waals surface area contributed by atoms with Crippen molar-refractivity contribution >= 4 is 16.9 Å². The molecule has 0 saturated carbocycles. The summed E-state index contributed by atoms with van der Waals surface area (Å²) < 4.78 is 16.5. The Kier molecular flexibility index (Phi) is 4.59. The summed E-state index contributed by atoms with van der Waals surface area (Å²) in [6, 6.07) is 14.6. The van der Waals surface area contributed by atoms with Crippen molar-refractivity contribution < 1.29 is 28.9 Å². The summed E-state index contributed by atoms with van der Waals surface area (Å²) in [6.45, 7) is 0. The van der Waals surface area contributed by atoms with Gasteiger partial charge in [-0.15, -0.1) is 0 Å². The van der Waals surface area contributed by atoms with Gasteiger partial charge in [-0.1, -0.05) is 24.3 Å². The average Bonchev–Trinajstić information content (AvgIpc) is 2.79. The predicted octanol–water partition coefficient (Wildman–Crippen LogP) is 4.32. The van der Waals surface area contributed by atoms with Crippen LogP contribution in [0.3, 0.4) is 0 Å². The van der Waals surface area contributed by atoms with Gasteiger partial charge in [-0.05, 0) is 35.4 Å². The van der Waals surface area contributed by atoms with Crippen LogP contribution in [-0.2, 0) is 4.79 Å². The lowest BCUT2D eigenvalue weighted by molar-refractivity contribution is -0.135. The van der Waals surface area contributed by atoms with Crippen molar-refractivity contribution in [1.82, 2.24) is 0 Å². The minimum atomic E-state index is -0.444. The number of aromatic hydroxyl groups is 2. The summed E-state index contributed by atoms with van der Waals surface area (Å²) in [4.78, 5) is 25.6. The predicted molar refractivity (Wildman–Crippen MR) is 116 cm³/mol. The highest BCUT2D eigenvalue weighted by molar-refractivity contribution is 5.94. The Morgan fingerprint density at radius 2 is 1.72 bits per heavy atom. The number of carbonyl (C=O) groups excluding carboxylic acids is 1. The molecule has 1 aliphatic heterocycles. The van der Waals surface area contributed by atoms with Crippen LogP contribution in [0.4, 0.5) is 0 Å². The second-order valence-electron chi connectivity index (χ2n) is 7.54. The van der Waals surface area contributed by atoms with Gasteiger partial charge in [0.05, 0.1) is 19.1 Å². The molecule has 0 spiro atoms. The van der Waals surface area contributed by atoms with E-state index in [0.717, 1.165) is 5.56 Å². The zero-order chi connectivity index (χ0) is 22.4. The van der Waals surface area contributed by atoms with Gasteiger partial charge >= 0.3 is 5.97 Å². The van der Waals surface area contributed by atoms with Crippen LogP contribution >= 0.6 is 0 Å². The summed E-state index contributed by atoms with van der Waals surface area (Å²) in [5.41, 5.74) is 1.86. The number of rotatable bonds is 3. The van der Waals surface area contributed by atoms with Crippen molar-refractivity contribution in [1.29, 1.82) is 0 Å². The molecule has 1 unspecified atom stereocenters. The Morgan fingerprint density at radius 3 is 2.41 bits per heavy atom. The zero-order valence-corrected chi connectivity index (χ0v) is 17.0. The number of benzene rings is 3. The smallest absolute Gasteiger partial charge is 0.312 e. The van der Waals surface area contributed by atoms with E-state index in [9.17, 15) is 19.8 Å². The van der Waals surface area contributed by atoms with Crippen molar-refractivity contribution in [3.8, 4) is 34.1 Å². The third-order valence-electron chi connectivity index (χ3n) is 5.67. The molecule has 4 aromatic rings. The third kappa shape index (κ3) is 3.15. The molecule has 2 heterocycles. The topological polar surface area (TPSA) is 106 Å². The lowest BCUT2D eigenvalue weighted by Gasteiger charge is -2.26. The van der Waals surface area contributed by atoms with Crippen molar-refractivity contribution in [3.05, 3.63) is 82.2 Å². The number of hydrogen-bond donors (Lipinski definition) is 2. The molecule has 0 fully saturated rings. The normalized spacial score (nSPS) is 15.3. The molecule has 0 bridgehead atoms. The van der Waals surface area contributed by atoms with E-state index >= 15 is 0 Å². The number of fused-ring (bicyclic) bond motifs is 3. The highest BCUT2D eigenvalue weighted by atomic mass is 16.5. The van der Waals surface area contributed by atoms with Gasteiger partial charge in [0.1, 0.15) is 40.2 Å². The molecule has 3 aromatic carbocycles. The van der Waals surface area contributed by atoms with Crippen LogP contribution in [0, 0.1) is 0 Å². The monoisotopic (exact) mass is 430 g/mol. The number of hydrogen-bond acceptors (Lipinski definition) is 7. The minimum Gasteiger partial charge on any atom is -0.508 e. The van der Waals surface area contributed by atoms with E-state index in [-0.39, 0.29) is 40.2 Å². The first-order valence-electron chi connectivity index (χ1n) is 9.91. The third-order valence-corrected chi connectivity index (χ3v) is 5.67. The molecular weight excluding hydrogens is 412 g/mol. The quantitative estimate of drug-likeness (QED) is 0.368. The van der Waals surface area contributed by atoms with Crippen molar-refractivity contribution in [2.24, 2.45) is 0 Å². The standard InChI is InChI=1S/C25H18O7/c1-30-16-8-4-13(5-9-16)17-10-21(28)32-20-11-19(27)23-24(29)18(12-31-25(23)22(17)20)14-2-6-15(26)7-3-14/h2-9,11-12,17,26-27H,10H2,1H3. The van der Waals surface area contributed by atoms with E-state index < -0.39 is 17.3 Å². The number of ether oxygens (including phenoxy) is 2. The van der Waals surface area contributed by atoms with E-state index in [1.165, 1.54) is 24.5 Å². The first-order chi connectivity index (χ1) is 15.5. The highest BCUT2D eigenvalue weighted by Crippen LogP contribution is 2.45. The highest BCUT2D eigenvalue weighted by Gasteiger charge is 2.33. The van der Waals surface area contributed by atoms with Gasteiger partial charge in [0.25, 0.3) is 0 Å². The van der Waals surface area contributed by atoms with Crippen LogP contribution in [0.2, 0.25) is 0 Å². The minimum absolute atomic E-state index is 0.00536. The van der Waals surface area contributed by atoms with Crippen molar-refractivity contribution in [2.75, 3.05) is 7.11 Å². The Hall–Kier alpha value is -4.26. The Morgan fingerprint density at radius 1 is 1.00 bits per heavy atom. The second kappa shape index (κ2) is 7.46. The van der Waals surface area contributed by atoms with Crippen LogP contribution in [-0.4, -0.2) is 23.3 Å². The van der Waals surface area contributed by atoms with Gasteiger partial charge in [-0.3, -0.25) is 9.59 Å². The first-order valence-corrected chi connectivity index (χ1v) is 9.91. The first kappa shape index (κ1) is 19.7. The number of phenolic OH excluding ortho intramolecular Hbond substituents is 2. The van der Waals surface area contributed by atoms with E-state index in [0.29, 0.717) is 16.9 Å². The van der Waals surface area contributed by atoms with Gasteiger partial charge in [-0.25, -0.2) is 0 Å². The van der Waals surface area contributed by atoms with Crippen LogP contribution in [0.25, 0.3) is 22.1 Å². The number of phenols is 2. The van der Waals surface area contributed by atoms with Gasteiger partial charge in [0, 0.05) is 17.5 Å². The van der Waals surface area contributed by atoms with Crippen molar-refractivity contribution in [2.45, 2.75) is 12.3 Å². The fraction of sp³-hybridized carbons (Fsp3) is 0.120. The van der Waals surface area contributed by atoms with Gasteiger partial charge in [-0.2, -0.15) is 0 Å². The lowest BCUT2D eigenvalue weighted by atomic mass is 9.85. The van der Waals surface area contributed by atoms with E-state index in [1.54, 1.807) is 31.4 Å². The molecule has 1 aliphatic rings. The van der Waals surface area contributed by atoms with E-state index in [1.807, 2.05) is 12.1 Å². The molecule has 5 rings (SSSR count). The summed E-state index contributed by atoms with van der Waals surface area (Å²) >= 11 is 0. The summed E-state index contributed by atoms with van der Waals surface area (Å²) in [5.74, 6) is -0.306. The fourth-order valence-electron chi connectivity index (χ4n) is 4.09. The summed E-state index contributed by atoms with van der Waals surface area (Å²) in [5, 5.41) is 20.2. The van der Waals surface area contributed by atoms with Crippen LogP contribution < -0.4 is 14.9 Å². The molecule has 0 aliphatic carbocycles. The largest absolute Gasteiger partial charge is 0.508 e. The molecule has 1 atom stereocenters. The molecule has 1 aromatic heterocycles. The molecule has 0 saturated heterocycles. The van der Waals surface area contributed by atoms with Gasteiger partial charge in [0.2, 0.25) is 5.43 Å². The molecule has 7 nitrogen and oxygen atoms in total. The number of esters is 1. The van der Waals surface area contributed by atoms with Crippen LogP contribution in [0.5, 0.6) is 23.0 Å². The summed E-state index contributed by atoms with van der Waals surface area (Å²) in [7, 11) is 1.57. The Bertz CT molecular complexity index is 1400. The maximum atomic E-state index is 13.3. The SMILES string of the molecule is COc1ccc(C2CC(=O)Oc3cc(O)c4c(=O)c(-c5ccc(O)cc5)coc4c32)cc1. The molecule has 0 amide bonds. The summed E-state index contributed by atoms with van der Waals surface area (Å²) in [6.07, 6.45) is 1.38. The van der Waals surface area contributed by atoms with Crippen LogP contribution in [0.1, 0.15) is 23.5 Å². The average molecular weight is 430 g/mol. The van der Waals surface area contributed by atoms with Crippen LogP contribution in [0.15, 0.2) is 70.1 Å². The van der Waals surface area contributed by atoms with E-state index in [4.69, 9.17) is 13.9 Å². The number of methoxy groups -OCH3 is 1. The second-order valence-corrected chi connectivity index (χ2v) is 7.54. The molecule has 0 radical (unpaired) electrons. The fourth-order valence-corrected chi connectivity index (χ4v) is 4.09. The van der Waals surface area contributed by atoms with E-state index in [2.05, 4.69) is 0 Å². The lowest BCUT2D eigenvalue weighted by Crippen LogP contribution is -2.22. The number of carbonyl (C=O) groups is 1. The van der Waals surface area contributed by atoms with Crippen molar-refractivity contribution in [3.63, 3.8) is 0 Å². The van der Waals surface area contributed by atoms with Gasteiger partial charge < -0.3 is 24.1 Å². The van der Waals surface area contributed by atoms with Gasteiger partial charge in [0.15, 0.2) is 0 Å². The Labute approximate surface area is 182 Å². The molecule has 2 N–H and O–H groups in total. The molecular formula is C25H18O7. The maximum absolute atomic E-state index is 13.3. The molecule has 160 valence electrons. The molecule has 32 heavy (non-hydrogen) atoms. The molecule has 7 heteroatoms. The maximum Gasteiger partial charge on any atom is 0.312 e. The zero-order valence-electron chi connectivity index (χ0n) is 17.0.